The Hall–Kier alpha value is -3.22. The molecule has 0 aliphatic heterocycles. The monoisotopic (exact) mass is 355 g/mol. The number of rotatable bonds is 4. The largest absolute Gasteiger partial charge is 0.465 e. The van der Waals surface area contributed by atoms with Crippen molar-refractivity contribution in [2.24, 2.45) is 0 Å². The topological polar surface area (TPSA) is 97.4 Å². The summed E-state index contributed by atoms with van der Waals surface area (Å²) in [7, 11) is 1.27. The Kier molecular flexibility index (Phi) is 5.71. The lowest BCUT2D eigenvalue weighted by atomic mass is 10.1. The van der Waals surface area contributed by atoms with E-state index < -0.39 is 17.4 Å². The number of para-hydroxylation sites is 1. The van der Waals surface area contributed by atoms with Gasteiger partial charge in [0.15, 0.2) is 0 Å². The van der Waals surface area contributed by atoms with E-state index in [2.05, 4.69) is 15.6 Å². The van der Waals surface area contributed by atoms with Gasteiger partial charge in [0.1, 0.15) is 0 Å². The number of esters is 1. The fraction of sp³-hybridized carbons (Fsp3) is 0.263. The normalized spacial score (nSPS) is 10.8. The lowest BCUT2D eigenvalue weighted by Crippen LogP contribution is -2.40. The van der Waals surface area contributed by atoms with Gasteiger partial charge in [-0.2, -0.15) is 0 Å². The average Bonchev–Trinajstić information content (AvgIpc) is 2.60. The molecule has 0 radical (unpaired) electrons. The van der Waals surface area contributed by atoms with E-state index in [0.29, 0.717) is 5.69 Å². The van der Waals surface area contributed by atoms with Crippen LogP contribution in [0.25, 0.3) is 0 Å². The summed E-state index contributed by atoms with van der Waals surface area (Å²) >= 11 is 0. The molecule has 7 nitrogen and oxygen atoms in total. The van der Waals surface area contributed by atoms with Crippen LogP contribution in [0.3, 0.4) is 0 Å². The van der Waals surface area contributed by atoms with E-state index in [4.69, 9.17) is 4.74 Å². The van der Waals surface area contributed by atoms with Crippen LogP contribution in [0.4, 0.5) is 5.69 Å². The Morgan fingerprint density at radius 1 is 1.00 bits per heavy atom. The molecule has 26 heavy (non-hydrogen) atoms. The molecular weight excluding hydrogens is 334 g/mol. The number of benzene rings is 1. The van der Waals surface area contributed by atoms with Crippen LogP contribution in [0.15, 0.2) is 42.7 Å². The Bertz CT molecular complexity index is 841. The molecule has 0 bridgehead atoms. The highest BCUT2D eigenvalue weighted by atomic mass is 16.5. The van der Waals surface area contributed by atoms with Crippen molar-refractivity contribution in [2.45, 2.75) is 26.3 Å². The molecule has 0 spiro atoms. The summed E-state index contributed by atoms with van der Waals surface area (Å²) in [4.78, 5) is 40.5. The van der Waals surface area contributed by atoms with E-state index >= 15 is 0 Å². The summed E-state index contributed by atoms with van der Waals surface area (Å²) in [5.41, 5.74) is 0.612. The van der Waals surface area contributed by atoms with Crippen molar-refractivity contribution in [3.05, 3.63) is 59.4 Å². The van der Waals surface area contributed by atoms with Crippen molar-refractivity contribution in [2.75, 3.05) is 12.4 Å². The molecule has 2 N–H and O–H groups in total. The number of carbonyl (C=O) groups is 3. The van der Waals surface area contributed by atoms with Gasteiger partial charge in [0.25, 0.3) is 11.8 Å². The van der Waals surface area contributed by atoms with Gasteiger partial charge in [0.05, 0.1) is 29.5 Å². The molecule has 2 rings (SSSR count). The predicted molar refractivity (Wildman–Crippen MR) is 97.2 cm³/mol. The van der Waals surface area contributed by atoms with Crippen molar-refractivity contribution >= 4 is 23.5 Å². The van der Waals surface area contributed by atoms with Crippen LogP contribution in [0.2, 0.25) is 0 Å². The van der Waals surface area contributed by atoms with E-state index in [1.165, 1.54) is 25.6 Å². The molecule has 2 amide bonds. The maximum Gasteiger partial charge on any atom is 0.339 e. The van der Waals surface area contributed by atoms with Crippen molar-refractivity contribution in [3.8, 4) is 0 Å². The number of aromatic nitrogens is 1. The molecule has 7 heteroatoms. The summed E-state index contributed by atoms with van der Waals surface area (Å²) in [5.74, 6) is -1.37. The number of methoxy groups -OCH3 is 1. The molecule has 136 valence electrons. The fourth-order valence-corrected chi connectivity index (χ4v) is 2.18. The molecule has 1 aromatic carbocycles. The highest BCUT2D eigenvalue weighted by Gasteiger charge is 2.18. The summed E-state index contributed by atoms with van der Waals surface area (Å²) in [5, 5.41) is 5.46. The Morgan fingerprint density at radius 3 is 2.23 bits per heavy atom. The van der Waals surface area contributed by atoms with Crippen LogP contribution in [0.1, 0.15) is 51.8 Å². The first-order chi connectivity index (χ1) is 12.2. The second-order valence-electron chi connectivity index (χ2n) is 6.66. The van der Waals surface area contributed by atoms with E-state index in [0.717, 1.165) is 0 Å². The van der Waals surface area contributed by atoms with Crippen LogP contribution < -0.4 is 10.6 Å². The lowest BCUT2D eigenvalue weighted by molar-refractivity contribution is 0.0601. The molecule has 0 unspecified atom stereocenters. The van der Waals surface area contributed by atoms with Gasteiger partial charge >= 0.3 is 5.97 Å². The van der Waals surface area contributed by atoms with Crippen LogP contribution in [-0.4, -0.2) is 35.4 Å². The third kappa shape index (κ3) is 4.89. The number of hydrogen-bond acceptors (Lipinski definition) is 5. The van der Waals surface area contributed by atoms with Crippen LogP contribution in [0, 0.1) is 0 Å². The van der Waals surface area contributed by atoms with E-state index in [1.54, 1.807) is 24.3 Å². The smallest absolute Gasteiger partial charge is 0.339 e. The third-order valence-corrected chi connectivity index (χ3v) is 3.33. The minimum absolute atomic E-state index is 0.200. The minimum Gasteiger partial charge on any atom is -0.465 e. The molecule has 2 aromatic rings. The highest BCUT2D eigenvalue weighted by molar-refractivity contribution is 6.08. The average molecular weight is 355 g/mol. The lowest BCUT2D eigenvalue weighted by Gasteiger charge is -2.20. The number of pyridine rings is 1. The summed E-state index contributed by atoms with van der Waals surface area (Å²) in [6, 6.07) is 7.94. The van der Waals surface area contributed by atoms with Gasteiger partial charge in [-0.25, -0.2) is 4.79 Å². The maximum absolute atomic E-state index is 12.5. The second kappa shape index (κ2) is 7.77. The molecule has 0 fully saturated rings. The summed E-state index contributed by atoms with van der Waals surface area (Å²) in [6.45, 7) is 5.58. The molecule has 0 atom stereocenters. The zero-order valence-corrected chi connectivity index (χ0v) is 15.1. The van der Waals surface area contributed by atoms with Crippen molar-refractivity contribution < 1.29 is 19.1 Å². The summed E-state index contributed by atoms with van der Waals surface area (Å²) in [6.07, 6.45) is 2.74. The number of anilines is 1. The fourth-order valence-electron chi connectivity index (χ4n) is 2.18. The Labute approximate surface area is 151 Å². The van der Waals surface area contributed by atoms with Gasteiger partial charge in [-0.05, 0) is 39.0 Å². The van der Waals surface area contributed by atoms with Gasteiger partial charge in [0, 0.05) is 17.9 Å². The maximum atomic E-state index is 12.5. The molecule has 0 aliphatic carbocycles. The Morgan fingerprint density at radius 2 is 1.62 bits per heavy atom. The standard InChI is InChI=1S/C19H21N3O4/c1-19(2,3)22-17(24)13-9-12(10-20-11-13)16(23)21-15-8-6-5-7-14(15)18(25)26-4/h5-11H,1-4H3,(H,21,23)(H,22,24). The van der Waals surface area contributed by atoms with E-state index in [9.17, 15) is 14.4 Å². The van der Waals surface area contributed by atoms with E-state index in [1.807, 2.05) is 20.8 Å². The predicted octanol–water partition coefficient (Wildman–Crippen LogP) is 2.65. The number of nitrogens with zero attached hydrogens (tertiary/aromatic N) is 1. The van der Waals surface area contributed by atoms with Crippen LogP contribution >= 0.6 is 0 Å². The molecule has 0 saturated heterocycles. The molecule has 1 heterocycles. The third-order valence-electron chi connectivity index (χ3n) is 3.33. The molecular formula is C19H21N3O4. The number of hydrogen-bond donors (Lipinski definition) is 2. The number of ether oxygens (including phenoxy) is 1. The first-order valence-corrected chi connectivity index (χ1v) is 7.97. The van der Waals surface area contributed by atoms with Crippen LogP contribution in [0.5, 0.6) is 0 Å². The minimum atomic E-state index is -0.558. The summed E-state index contributed by atoms with van der Waals surface area (Å²) < 4.78 is 4.71. The zero-order chi connectivity index (χ0) is 19.3. The van der Waals surface area contributed by atoms with Crippen molar-refractivity contribution in [1.82, 2.24) is 10.3 Å². The molecule has 1 aromatic heterocycles. The first kappa shape index (κ1) is 19.1. The molecule has 0 aliphatic rings. The van der Waals surface area contributed by atoms with E-state index in [-0.39, 0.29) is 22.6 Å². The van der Waals surface area contributed by atoms with Gasteiger partial charge in [-0.15, -0.1) is 0 Å². The van der Waals surface area contributed by atoms with Gasteiger partial charge in [-0.1, -0.05) is 12.1 Å². The molecule has 0 saturated carbocycles. The van der Waals surface area contributed by atoms with Crippen molar-refractivity contribution in [3.63, 3.8) is 0 Å². The SMILES string of the molecule is COC(=O)c1ccccc1NC(=O)c1cncc(C(=O)NC(C)(C)C)c1. The van der Waals surface area contributed by atoms with Gasteiger partial charge < -0.3 is 15.4 Å². The van der Waals surface area contributed by atoms with Gasteiger partial charge in [-0.3, -0.25) is 14.6 Å². The zero-order valence-electron chi connectivity index (χ0n) is 15.1. The number of nitrogens with one attached hydrogen (secondary N) is 2. The first-order valence-electron chi connectivity index (χ1n) is 7.97. The Balaban J connectivity index is 2.23. The van der Waals surface area contributed by atoms with Crippen LogP contribution in [-0.2, 0) is 4.74 Å². The quantitative estimate of drug-likeness (QED) is 0.822. The van der Waals surface area contributed by atoms with Gasteiger partial charge in [0.2, 0.25) is 0 Å². The number of carbonyl (C=O) groups excluding carboxylic acids is 3. The highest BCUT2D eigenvalue weighted by Crippen LogP contribution is 2.17. The number of amides is 2. The van der Waals surface area contributed by atoms with Crippen molar-refractivity contribution in [1.29, 1.82) is 0 Å². The second-order valence-corrected chi connectivity index (χ2v) is 6.66.